The van der Waals surface area contributed by atoms with E-state index in [9.17, 15) is 4.79 Å². The van der Waals surface area contributed by atoms with Gasteiger partial charge in [0.25, 0.3) is 0 Å². The molecule has 2 unspecified atom stereocenters. The SMILES string of the molecule is CC1CCCCN1CCCN1CC(Br)CC1=O. The zero-order chi connectivity index (χ0) is 12.3. The summed E-state index contributed by atoms with van der Waals surface area (Å²) >= 11 is 3.52. The Bertz CT molecular complexity index is 272. The summed E-state index contributed by atoms with van der Waals surface area (Å²) in [5, 5.41) is 0. The van der Waals surface area contributed by atoms with E-state index in [1.165, 1.54) is 25.8 Å². The molecule has 0 aromatic rings. The molecule has 2 rings (SSSR count). The Kier molecular flexibility index (Phi) is 4.86. The fourth-order valence-electron chi connectivity index (χ4n) is 2.89. The highest BCUT2D eigenvalue weighted by molar-refractivity contribution is 9.09. The second kappa shape index (κ2) is 6.19. The van der Waals surface area contributed by atoms with Gasteiger partial charge in [-0.1, -0.05) is 22.4 Å². The molecule has 2 aliphatic rings. The monoisotopic (exact) mass is 302 g/mol. The van der Waals surface area contributed by atoms with Crippen molar-refractivity contribution in [3.05, 3.63) is 0 Å². The van der Waals surface area contributed by atoms with Crippen LogP contribution in [0.3, 0.4) is 0 Å². The predicted octanol–water partition coefficient (Wildman–Crippen LogP) is 2.25. The number of likely N-dealkylation sites (tertiary alicyclic amines) is 2. The Labute approximate surface area is 113 Å². The van der Waals surface area contributed by atoms with Gasteiger partial charge in [-0.25, -0.2) is 0 Å². The summed E-state index contributed by atoms with van der Waals surface area (Å²) in [4.78, 5) is 16.6. The summed E-state index contributed by atoms with van der Waals surface area (Å²) in [5.74, 6) is 0.318. The van der Waals surface area contributed by atoms with Crippen LogP contribution >= 0.6 is 15.9 Å². The van der Waals surface area contributed by atoms with Gasteiger partial charge in [0.05, 0.1) is 0 Å². The van der Waals surface area contributed by atoms with Gasteiger partial charge in [-0.3, -0.25) is 4.79 Å². The number of halogens is 1. The minimum atomic E-state index is 0.318. The van der Waals surface area contributed by atoms with E-state index in [0.717, 1.165) is 32.1 Å². The van der Waals surface area contributed by atoms with Gasteiger partial charge in [0, 0.05) is 36.9 Å². The molecule has 3 nitrogen and oxygen atoms in total. The first-order chi connectivity index (χ1) is 8.16. The smallest absolute Gasteiger partial charge is 0.223 e. The minimum absolute atomic E-state index is 0.318. The van der Waals surface area contributed by atoms with Crippen molar-refractivity contribution in [1.82, 2.24) is 9.80 Å². The van der Waals surface area contributed by atoms with E-state index in [2.05, 4.69) is 27.8 Å². The lowest BCUT2D eigenvalue weighted by molar-refractivity contribution is -0.127. The maximum Gasteiger partial charge on any atom is 0.223 e. The molecule has 17 heavy (non-hydrogen) atoms. The predicted molar refractivity (Wildman–Crippen MR) is 73.4 cm³/mol. The maximum atomic E-state index is 11.6. The van der Waals surface area contributed by atoms with Gasteiger partial charge in [-0.05, 0) is 32.7 Å². The first-order valence-electron chi connectivity index (χ1n) is 6.82. The minimum Gasteiger partial charge on any atom is -0.341 e. The number of rotatable bonds is 4. The Morgan fingerprint density at radius 1 is 1.35 bits per heavy atom. The van der Waals surface area contributed by atoms with Crippen LogP contribution in [0.25, 0.3) is 0 Å². The highest BCUT2D eigenvalue weighted by Crippen LogP contribution is 2.19. The van der Waals surface area contributed by atoms with Crippen LogP contribution in [0.1, 0.15) is 39.0 Å². The largest absolute Gasteiger partial charge is 0.341 e. The molecule has 2 atom stereocenters. The molecule has 2 heterocycles. The molecule has 1 amide bonds. The molecule has 0 bridgehead atoms. The molecular formula is C13H23BrN2O. The van der Waals surface area contributed by atoms with Crippen molar-refractivity contribution in [3.8, 4) is 0 Å². The van der Waals surface area contributed by atoms with Gasteiger partial charge in [0.1, 0.15) is 0 Å². The molecule has 0 aromatic heterocycles. The lowest BCUT2D eigenvalue weighted by atomic mass is 10.0. The molecule has 0 spiro atoms. The number of carbonyl (C=O) groups excluding carboxylic acids is 1. The van der Waals surface area contributed by atoms with Crippen LogP contribution in [0.2, 0.25) is 0 Å². The summed E-state index contributed by atoms with van der Waals surface area (Å²) in [7, 11) is 0. The van der Waals surface area contributed by atoms with Crippen LogP contribution in [0.4, 0.5) is 0 Å². The molecule has 2 fully saturated rings. The number of alkyl halides is 1. The maximum absolute atomic E-state index is 11.6. The third-order valence-electron chi connectivity index (χ3n) is 3.98. The fourth-order valence-corrected chi connectivity index (χ4v) is 3.52. The lowest BCUT2D eigenvalue weighted by Crippen LogP contribution is -2.39. The van der Waals surface area contributed by atoms with Crippen molar-refractivity contribution in [2.24, 2.45) is 0 Å². The van der Waals surface area contributed by atoms with Crippen LogP contribution in [0.15, 0.2) is 0 Å². The first-order valence-corrected chi connectivity index (χ1v) is 7.74. The average Bonchev–Trinajstić information content (AvgIpc) is 2.60. The third-order valence-corrected chi connectivity index (χ3v) is 4.59. The second-order valence-corrected chi connectivity index (χ2v) is 6.67. The van der Waals surface area contributed by atoms with Gasteiger partial charge in [0.2, 0.25) is 5.91 Å². The Hall–Kier alpha value is -0.0900. The Balaban J connectivity index is 1.67. The number of hydrogen-bond donors (Lipinski definition) is 0. The van der Waals surface area contributed by atoms with Gasteiger partial charge in [-0.15, -0.1) is 0 Å². The van der Waals surface area contributed by atoms with E-state index >= 15 is 0 Å². The Morgan fingerprint density at radius 2 is 2.18 bits per heavy atom. The number of amides is 1. The molecule has 0 N–H and O–H groups in total. The summed E-state index contributed by atoms with van der Waals surface area (Å²) in [5.41, 5.74) is 0. The zero-order valence-corrected chi connectivity index (χ0v) is 12.3. The quantitative estimate of drug-likeness (QED) is 0.744. The van der Waals surface area contributed by atoms with Crippen molar-refractivity contribution >= 4 is 21.8 Å². The van der Waals surface area contributed by atoms with E-state index < -0.39 is 0 Å². The van der Waals surface area contributed by atoms with E-state index in [1.54, 1.807) is 0 Å². The van der Waals surface area contributed by atoms with Gasteiger partial charge >= 0.3 is 0 Å². The topological polar surface area (TPSA) is 23.6 Å². The van der Waals surface area contributed by atoms with Crippen molar-refractivity contribution in [1.29, 1.82) is 0 Å². The van der Waals surface area contributed by atoms with Gasteiger partial charge in [-0.2, -0.15) is 0 Å². The first kappa shape index (κ1) is 13.3. The van der Waals surface area contributed by atoms with Crippen LogP contribution in [0.5, 0.6) is 0 Å². The fraction of sp³-hybridized carbons (Fsp3) is 0.923. The van der Waals surface area contributed by atoms with E-state index in [0.29, 0.717) is 17.2 Å². The highest BCUT2D eigenvalue weighted by Gasteiger charge is 2.27. The Morgan fingerprint density at radius 3 is 2.82 bits per heavy atom. The average molecular weight is 303 g/mol. The third kappa shape index (κ3) is 3.68. The molecule has 0 radical (unpaired) electrons. The van der Waals surface area contributed by atoms with Crippen molar-refractivity contribution in [2.45, 2.75) is 49.9 Å². The van der Waals surface area contributed by atoms with Crippen molar-refractivity contribution in [2.75, 3.05) is 26.2 Å². The molecule has 98 valence electrons. The summed E-state index contributed by atoms with van der Waals surface area (Å²) in [6, 6.07) is 0.738. The summed E-state index contributed by atoms with van der Waals surface area (Å²) in [6.45, 7) is 6.56. The van der Waals surface area contributed by atoms with Crippen molar-refractivity contribution < 1.29 is 4.79 Å². The molecule has 0 aliphatic carbocycles. The van der Waals surface area contributed by atoms with Gasteiger partial charge in [0.15, 0.2) is 0 Å². The molecule has 0 saturated carbocycles. The standard InChI is InChI=1S/C13H23BrN2O/c1-11-5-2-3-6-15(11)7-4-8-16-10-12(14)9-13(16)17/h11-12H,2-10H2,1H3. The number of carbonyl (C=O) groups is 1. The normalized spacial score (nSPS) is 31.2. The summed E-state index contributed by atoms with van der Waals surface area (Å²) in [6.07, 6.45) is 5.87. The van der Waals surface area contributed by atoms with Crippen LogP contribution < -0.4 is 0 Å². The number of piperidine rings is 1. The molecular weight excluding hydrogens is 280 g/mol. The number of nitrogens with zero attached hydrogens (tertiary/aromatic N) is 2. The van der Waals surface area contributed by atoms with E-state index in [4.69, 9.17) is 0 Å². The summed E-state index contributed by atoms with van der Waals surface area (Å²) < 4.78 is 0. The molecule has 2 saturated heterocycles. The van der Waals surface area contributed by atoms with Gasteiger partial charge < -0.3 is 9.80 Å². The van der Waals surface area contributed by atoms with E-state index in [-0.39, 0.29) is 0 Å². The highest BCUT2D eigenvalue weighted by atomic mass is 79.9. The molecule has 4 heteroatoms. The zero-order valence-electron chi connectivity index (χ0n) is 10.7. The second-order valence-electron chi connectivity index (χ2n) is 5.38. The van der Waals surface area contributed by atoms with E-state index in [1.807, 2.05) is 4.90 Å². The van der Waals surface area contributed by atoms with Crippen LogP contribution in [-0.2, 0) is 4.79 Å². The molecule has 0 aromatic carbocycles. The lowest BCUT2D eigenvalue weighted by Gasteiger charge is -2.33. The molecule has 2 aliphatic heterocycles. The van der Waals surface area contributed by atoms with Crippen molar-refractivity contribution in [3.63, 3.8) is 0 Å². The van der Waals surface area contributed by atoms with Crippen LogP contribution in [0, 0.1) is 0 Å². The number of hydrogen-bond acceptors (Lipinski definition) is 2. The van der Waals surface area contributed by atoms with Crippen LogP contribution in [-0.4, -0.2) is 52.8 Å².